The average Bonchev–Trinajstić information content (AvgIpc) is 2.63. The maximum absolute atomic E-state index is 11.5. The van der Waals surface area contributed by atoms with E-state index in [1.165, 1.54) is 23.8 Å². The van der Waals surface area contributed by atoms with Crippen LogP contribution >= 0.6 is 0 Å². The van der Waals surface area contributed by atoms with Gasteiger partial charge in [-0.1, -0.05) is 53.7 Å². The highest BCUT2D eigenvalue weighted by atomic mass is 16.5. The minimum atomic E-state index is -1.14. The molecule has 146 valence electrons. The zero-order chi connectivity index (χ0) is 20.4. The molecule has 0 aliphatic carbocycles. The second-order valence-electron chi connectivity index (χ2n) is 8.27. The average molecular weight is 370 g/mol. The molecular weight excluding hydrogens is 340 g/mol. The summed E-state index contributed by atoms with van der Waals surface area (Å²) in [5, 5.41) is 19.0. The van der Waals surface area contributed by atoms with E-state index in [1.807, 2.05) is 6.07 Å². The largest absolute Gasteiger partial charge is 0.508 e. The van der Waals surface area contributed by atoms with Crippen molar-refractivity contribution < 1.29 is 19.7 Å². The van der Waals surface area contributed by atoms with Crippen LogP contribution < -0.4 is 4.74 Å². The van der Waals surface area contributed by atoms with Gasteiger partial charge in [-0.2, -0.15) is 0 Å². The zero-order valence-electron chi connectivity index (χ0n) is 17.1. The molecule has 0 spiro atoms. The Kier molecular flexibility index (Phi) is 5.88. The predicted octanol–water partition coefficient (Wildman–Crippen LogP) is 6.26. The van der Waals surface area contributed by atoms with Crippen molar-refractivity contribution in [3.05, 3.63) is 53.1 Å². The summed E-state index contributed by atoms with van der Waals surface area (Å²) < 4.78 is 6.05. The molecular formula is C23H30O4. The van der Waals surface area contributed by atoms with Crippen molar-refractivity contribution in [1.82, 2.24) is 0 Å². The molecule has 0 radical (unpaired) electrons. The number of carbonyl (C=O) groups is 1. The molecule has 0 aromatic heterocycles. The van der Waals surface area contributed by atoms with Crippen LogP contribution in [0.4, 0.5) is 0 Å². The predicted molar refractivity (Wildman–Crippen MR) is 108 cm³/mol. The molecule has 0 amide bonds. The number of carboxylic acid groups (broad SMARTS) is 1. The molecule has 2 aromatic carbocycles. The first-order valence-electron chi connectivity index (χ1n) is 9.41. The molecule has 2 aromatic rings. The van der Waals surface area contributed by atoms with E-state index < -0.39 is 5.97 Å². The van der Waals surface area contributed by atoms with E-state index in [1.54, 1.807) is 0 Å². The molecule has 4 nitrogen and oxygen atoms in total. The summed E-state index contributed by atoms with van der Waals surface area (Å²) in [7, 11) is 0. The van der Waals surface area contributed by atoms with Gasteiger partial charge in [-0.3, -0.25) is 0 Å². The van der Waals surface area contributed by atoms with Crippen LogP contribution in [0, 0.1) is 0 Å². The highest BCUT2D eigenvalue weighted by molar-refractivity contribution is 5.91. The number of carboxylic acids is 1. The lowest BCUT2D eigenvalue weighted by atomic mass is 9.76. The Morgan fingerprint density at radius 1 is 0.926 bits per heavy atom. The van der Waals surface area contributed by atoms with Crippen LogP contribution in [-0.2, 0) is 10.8 Å². The van der Waals surface area contributed by atoms with Crippen molar-refractivity contribution in [3.63, 3.8) is 0 Å². The van der Waals surface area contributed by atoms with Gasteiger partial charge in [0.1, 0.15) is 22.8 Å². The second-order valence-corrected chi connectivity index (χ2v) is 8.27. The number of ether oxygens (including phenoxy) is 1. The summed E-state index contributed by atoms with van der Waals surface area (Å²) >= 11 is 0. The molecule has 0 saturated heterocycles. The first kappa shape index (κ1) is 20.8. The van der Waals surface area contributed by atoms with Crippen molar-refractivity contribution in [3.8, 4) is 17.2 Å². The molecule has 0 saturated carbocycles. The number of hydrogen-bond acceptors (Lipinski definition) is 3. The molecule has 27 heavy (non-hydrogen) atoms. The van der Waals surface area contributed by atoms with E-state index in [0.29, 0.717) is 5.75 Å². The molecule has 0 bridgehead atoms. The Labute approximate surface area is 161 Å². The summed E-state index contributed by atoms with van der Waals surface area (Å²) in [4.78, 5) is 11.5. The third-order valence-corrected chi connectivity index (χ3v) is 5.67. The van der Waals surface area contributed by atoms with E-state index in [2.05, 4.69) is 53.7 Å². The molecule has 0 unspecified atom stereocenters. The molecule has 4 heteroatoms. The van der Waals surface area contributed by atoms with E-state index in [4.69, 9.17) is 4.74 Å². The highest BCUT2D eigenvalue weighted by Crippen LogP contribution is 2.40. The summed E-state index contributed by atoms with van der Waals surface area (Å²) in [5.74, 6) is -0.378. The third-order valence-electron chi connectivity index (χ3n) is 5.67. The molecule has 2 rings (SSSR count). The Morgan fingerprint density at radius 3 is 2.07 bits per heavy atom. The maximum atomic E-state index is 11.5. The standard InChI is InChI=1S/C23H30O4/c1-7-22(3,4)15-9-11-20(18(13-15)23(5,6)8-2)27-19-12-10-16(24)14-17(19)21(25)26/h9-14,24H,7-8H2,1-6H3,(H,25,26). The maximum Gasteiger partial charge on any atom is 0.339 e. The van der Waals surface area contributed by atoms with Gasteiger partial charge in [0.25, 0.3) is 0 Å². The van der Waals surface area contributed by atoms with Gasteiger partial charge in [-0.25, -0.2) is 4.79 Å². The molecule has 0 fully saturated rings. The lowest BCUT2D eigenvalue weighted by Gasteiger charge is -2.30. The number of rotatable bonds is 7. The first-order valence-corrected chi connectivity index (χ1v) is 9.41. The van der Waals surface area contributed by atoms with Crippen molar-refractivity contribution in [2.75, 3.05) is 0 Å². The molecule has 0 heterocycles. The van der Waals surface area contributed by atoms with Crippen molar-refractivity contribution >= 4 is 5.97 Å². The summed E-state index contributed by atoms with van der Waals surface area (Å²) in [6.45, 7) is 13.1. The monoisotopic (exact) mass is 370 g/mol. The number of phenols is 1. The van der Waals surface area contributed by atoms with Gasteiger partial charge in [0.05, 0.1) is 0 Å². The molecule has 0 aliphatic heterocycles. The zero-order valence-corrected chi connectivity index (χ0v) is 17.1. The smallest absolute Gasteiger partial charge is 0.339 e. The van der Waals surface area contributed by atoms with E-state index >= 15 is 0 Å². The van der Waals surface area contributed by atoms with Crippen LogP contribution in [0.1, 0.15) is 75.9 Å². The lowest BCUT2D eigenvalue weighted by Crippen LogP contribution is -2.21. The van der Waals surface area contributed by atoms with Crippen LogP contribution in [0.15, 0.2) is 36.4 Å². The topological polar surface area (TPSA) is 66.8 Å². The normalized spacial score (nSPS) is 12.1. The molecule has 0 aliphatic rings. The number of phenolic OH excluding ortho intramolecular Hbond substituents is 1. The Hall–Kier alpha value is -2.49. The van der Waals surface area contributed by atoms with Crippen LogP contribution in [0.25, 0.3) is 0 Å². The van der Waals surface area contributed by atoms with Gasteiger partial charge in [-0.15, -0.1) is 0 Å². The van der Waals surface area contributed by atoms with E-state index in [9.17, 15) is 15.0 Å². The van der Waals surface area contributed by atoms with Crippen molar-refractivity contribution in [2.24, 2.45) is 0 Å². The fourth-order valence-electron chi connectivity index (χ4n) is 2.86. The van der Waals surface area contributed by atoms with Gasteiger partial charge < -0.3 is 14.9 Å². The van der Waals surface area contributed by atoms with Crippen molar-refractivity contribution in [1.29, 1.82) is 0 Å². The minimum Gasteiger partial charge on any atom is -0.508 e. The Morgan fingerprint density at radius 2 is 1.52 bits per heavy atom. The summed E-state index contributed by atoms with van der Waals surface area (Å²) in [6.07, 6.45) is 1.93. The van der Waals surface area contributed by atoms with Gasteiger partial charge in [0.2, 0.25) is 0 Å². The number of aromatic hydroxyl groups is 1. The fraction of sp³-hybridized carbons (Fsp3) is 0.435. The lowest BCUT2D eigenvalue weighted by molar-refractivity contribution is 0.0693. The van der Waals surface area contributed by atoms with Gasteiger partial charge in [0.15, 0.2) is 0 Å². The Balaban J connectivity index is 2.59. The first-order chi connectivity index (χ1) is 12.5. The van der Waals surface area contributed by atoms with Crippen LogP contribution in [0.2, 0.25) is 0 Å². The van der Waals surface area contributed by atoms with Gasteiger partial charge in [0, 0.05) is 5.56 Å². The van der Waals surface area contributed by atoms with Crippen LogP contribution in [-0.4, -0.2) is 16.2 Å². The van der Waals surface area contributed by atoms with E-state index in [-0.39, 0.29) is 27.9 Å². The Bertz CT molecular complexity index is 834. The number of hydrogen-bond donors (Lipinski definition) is 2. The summed E-state index contributed by atoms with van der Waals surface area (Å²) in [6, 6.07) is 10.3. The van der Waals surface area contributed by atoms with Crippen LogP contribution in [0.5, 0.6) is 17.2 Å². The third kappa shape index (κ3) is 4.44. The highest BCUT2D eigenvalue weighted by Gasteiger charge is 2.27. The van der Waals surface area contributed by atoms with Gasteiger partial charge >= 0.3 is 5.97 Å². The molecule has 2 N–H and O–H groups in total. The SMILES string of the molecule is CCC(C)(C)c1ccc(Oc2ccc(O)cc2C(=O)O)c(C(C)(C)CC)c1. The minimum absolute atomic E-state index is 0.0435. The number of aromatic carboxylic acids is 1. The van der Waals surface area contributed by atoms with E-state index in [0.717, 1.165) is 18.4 Å². The van der Waals surface area contributed by atoms with Gasteiger partial charge in [-0.05, 0) is 53.5 Å². The summed E-state index contributed by atoms with van der Waals surface area (Å²) in [5.41, 5.74) is 2.14. The van der Waals surface area contributed by atoms with Crippen LogP contribution in [0.3, 0.4) is 0 Å². The second kappa shape index (κ2) is 7.63. The molecule has 0 atom stereocenters. The number of benzene rings is 2. The quantitative estimate of drug-likeness (QED) is 0.604. The van der Waals surface area contributed by atoms with Crippen molar-refractivity contribution in [2.45, 2.75) is 65.2 Å². The fourth-order valence-corrected chi connectivity index (χ4v) is 2.86.